The van der Waals surface area contributed by atoms with E-state index in [-0.39, 0.29) is 35.6 Å². The Hall–Kier alpha value is -3.77. The third kappa shape index (κ3) is 3.24. The monoisotopic (exact) mass is 499 g/mol. The number of carbonyl (C=O) groups is 4. The van der Waals surface area contributed by atoms with Crippen molar-refractivity contribution in [2.45, 2.75) is 25.7 Å². The maximum absolute atomic E-state index is 13.8. The number of hydrogen-bond acceptors (Lipinski definition) is 5. The minimum Gasteiger partial charge on any atom is -0.508 e. The van der Waals surface area contributed by atoms with Crippen molar-refractivity contribution in [1.82, 2.24) is 0 Å². The lowest BCUT2D eigenvalue weighted by Crippen LogP contribution is -2.39. The second-order valence-electron chi connectivity index (χ2n) is 9.81. The van der Waals surface area contributed by atoms with Crippen LogP contribution < -0.4 is 4.90 Å². The van der Waals surface area contributed by atoms with E-state index in [9.17, 15) is 24.3 Å². The minimum absolute atomic E-state index is 0.0929. The van der Waals surface area contributed by atoms with Crippen LogP contribution in [-0.2, 0) is 19.2 Å². The molecule has 3 aliphatic carbocycles. The van der Waals surface area contributed by atoms with Crippen molar-refractivity contribution in [2.24, 2.45) is 17.8 Å². The molecular formula is C29H22ClNO5. The van der Waals surface area contributed by atoms with Crippen molar-refractivity contribution in [1.29, 1.82) is 0 Å². The molecule has 180 valence electrons. The number of amides is 2. The van der Waals surface area contributed by atoms with Crippen molar-refractivity contribution in [3.63, 3.8) is 0 Å². The fraction of sp³-hybridized carbons (Fsp3) is 0.241. The van der Waals surface area contributed by atoms with Crippen LogP contribution in [0.3, 0.4) is 0 Å². The first-order chi connectivity index (χ1) is 17.3. The number of aromatic hydroxyl groups is 1. The summed E-state index contributed by atoms with van der Waals surface area (Å²) in [7, 11) is 0. The molecule has 1 aliphatic heterocycles. The summed E-state index contributed by atoms with van der Waals surface area (Å²) in [6, 6.07) is 13.2. The van der Waals surface area contributed by atoms with E-state index in [0.29, 0.717) is 33.9 Å². The van der Waals surface area contributed by atoms with E-state index in [4.69, 9.17) is 11.6 Å². The molecule has 0 unspecified atom stereocenters. The van der Waals surface area contributed by atoms with Crippen LogP contribution in [0.2, 0.25) is 5.02 Å². The van der Waals surface area contributed by atoms with Gasteiger partial charge in [0.25, 0.3) is 0 Å². The number of phenolic OH excluding ortho intramolecular Hbond substituents is 1. The molecule has 4 aliphatic rings. The number of hydrogen-bond donors (Lipinski definition) is 1. The summed E-state index contributed by atoms with van der Waals surface area (Å²) < 4.78 is 0. The molecule has 4 atom stereocenters. The first-order valence-electron chi connectivity index (χ1n) is 11.9. The standard InChI is InChI=1S/C29H22ClNO5/c1-14-12-23(33)22-13-21-19(24(26(22)27(14)34)15-2-8-18(32)9-3-15)10-11-20-25(21)29(36)31(28(20)35)17-6-4-16(30)5-7-17/h2-10,12,20-21,24-25,32H,11,13H2,1H3/t20-,21+,24-,25-/m0/s1. The molecule has 0 saturated carbocycles. The number of fused-ring (bicyclic) bond motifs is 3. The molecule has 7 heteroatoms. The van der Waals surface area contributed by atoms with Crippen LogP contribution >= 0.6 is 11.6 Å². The van der Waals surface area contributed by atoms with E-state index in [2.05, 4.69) is 0 Å². The Morgan fingerprint density at radius 3 is 2.31 bits per heavy atom. The Bertz CT molecular complexity index is 1450. The highest BCUT2D eigenvalue weighted by Crippen LogP contribution is 2.55. The molecule has 0 radical (unpaired) electrons. The van der Waals surface area contributed by atoms with Gasteiger partial charge < -0.3 is 5.11 Å². The summed E-state index contributed by atoms with van der Waals surface area (Å²) >= 11 is 6.01. The molecular weight excluding hydrogens is 478 g/mol. The van der Waals surface area contributed by atoms with Gasteiger partial charge in [-0.05, 0) is 73.7 Å². The smallest absolute Gasteiger partial charge is 0.238 e. The summed E-state index contributed by atoms with van der Waals surface area (Å²) in [4.78, 5) is 54.9. The maximum atomic E-state index is 13.8. The van der Waals surface area contributed by atoms with E-state index in [0.717, 1.165) is 11.1 Å². The fourth-order valence-electron chi connectivity index (χ4n) is 6.25. The number of halogens is 1. The largest absolute Gasteiger partial charge is 0.508 e. The number of Topliss-reactive ketones (excluding diaryl/α,β-unsaturated/α-hetero) is 1. The molecule has 1 saturated heterocycles. The quantitative estimate of drug-likeness (QED) is 0.368. The lowest BCUT2D eigenvalue weighted by Gasteiger charge is -2.42. The van der Waals surface area contributed by atoms with Gasteiger partial charge in [0.05, 0.1) is 17.5 Å². The van der Waals surface area contributed by atoms with Crippen LogP contribution in [0, 0.1) is 17.8 Å². The number of nitrogens with zero attached hydrogens (tertiary/aromatic N) is 1. The van der Waals surface area contributed by atoms with E-state index in [1.807, 2.05) is 6.08 Å². The number of carbonyl (C=O) groups excluding carboxylic acids is 4. The Labute approximate surface area is 212 Å². The van der Waals surface area contributed by atoms with Gasteiger partial charge in [-0.15, -0.1) is 0 Å². The Morgan fingerprint density at radius 2 is 1.61 bits per heavy atom. The van der Waals surface area contributed by atoms with Gasteiger partial charge in [0, 0.05) is 27.7 Å². The number of imide groups is 1. The molecule has 36 heavy (non-hydrogen) atoms. The Balaban J connectivity index is 1.48. The predicted octanol–water partition coefficient (Wildman–Crippen LogP) is 4.68. The number of benzene rings is 2. The minimum atomic E-state index is -0.628. The third-order valence-corrected chi connectivity index (χ3v) is 8.13. The van der Waals surface area contributed by atoms with Gasteiger partial charge in [-0.25, -0.2) is 0 Å². The van der Waals surface area contributed by atoms with Crippen LogP contribution in [0.25, 0.3) is 0 Å². The molecule has 2 aromatic rings. The molecule has 0 bridgehead atoms. The zero-order chi connectivity index (χ0) is 25.3. The van der Waals surface area contributed by atoms with Gasteiger partial charge >= 0.3 is 0 Å². The van der Waals surface area contributed by atoms with Crippen molar-refractivity contribution < 1.29 is 24.3 Å². The topological polar surface area (TPSA) is 91.8 Å². The highest BCUT2D eigenvalue weighted by molar-refractivity contribution is 6.31. The predicted molar refractivity (Wildman–Crippen MR) is 133 cm³/mol. The van der Waals surface area contributed by atoms with E-state index < -0.39 is 23.7 Å². The highest BCUT2D eigenvalue weighted by atomic mass is 35.5. The molecule has 1 N–H and O–H groups in total. The van der Waals surface area contributed by atoms with Gasteiger partial charge in [0.15, 0.2) is 11.6 Å². The molecule has 0 spiro atoms. The van der Waals surface area contributed by atoms with Crippen LogP contribution in [-0.4, -0.2) is 28.5 Å². The molecule has 1 heterocycles. The van der Waals surface area contributed by atoms with E-state index in [1.54, 1.807) is 55.5 Å². The zero-order valence-electron chi connectivity index (χ0n) is 19.4. The summed E-state index contributed by atoms with van der Waals surface area (Å²) in [5.41, 5.74) is 3.36. The second kappa shape index (κ2) is 8.14. The summed E-state index contributed by atoms with van der Waals surface area (Å²) in [5, 5.41) is 10.4. The van der Waals surface area contributed by atoms with Gasteiger partial charge in [-0.3, -0.25) is 24.1 Å². The van der Waals surface area contributed by atoms with Crippen molar-refractivity contribution in [3.8, 4) is 5.75 Å². The van der Waals surface area contributed by atoms with Crippen LogP contribution in [0.15, 0.2) is 83.0 Å². The normalized spacial score (nSPS) is 27.4. The average molecular weight is 500 g/mol. The number of anilines is 1. The fourth-order valence-corrected chi connectivity index (χ4v) is 6.38. The molecule has 6 rings (SSSR count). The Morgan fingerprint density at radius 1 is 0.917 bits per heavy atom. The lowest BCUT2D eigenvalue weighted by atomic mass is 9.59. The van der Waals surface area contributed by atoms with Gasteiger partial charge in [0.2, 0.25) is 11.8 Å². The summed E-state index contributed by atoms with van der Waals surface area (Å²) in [6.07, 6.45) is 3.96. The Kier molecular flexibility index (Phi) is 5.12. The number of allylic oxidation sites excluding steroid dienone is 6. The first kappa shape index (κ1) is 22.7. The molecule has 0 aromatic heterocycles. The SMILES string of the molecule is CC1=CC(=O)C2=C(C1=O)[C@@H](c1ccc(O)cc1)C1=CC[C@@H]3C(=O)N(c4ccc(Cl)cc4)C(=O)[C@@H]3[C@@H]1C2. The highest BCUT2D eigenvalue weighted by Gasteiger charge is 2.56. The van der Waals surface area contributed by atoms with Gasteiger partial charge in [0.1, 0.15) is 5.75 Å². The van der Waals surface area contributed by atoms with E-state index >= 15 is 0 Å². The molecule has 1 fully saturated rings. The molecule has 2 amide bonds. The van der Waals surface area contributed by atoms with E-state index in [1.165, 1.54) is 11.0 Å². The van der Waals surface area contributed by atoms with Crippen molar-refractivity contribution >= 4 is 40.7 Å². The summed E-state index contributed by atoms with van der Waals surface area (Å²) in [5.74, 6) is -2.93. The van der Waals surface area contributed by atoms with Gasteiger partial charge in [-0.1, -0.05) is 35.4 Å². The lowest BCUT2D eigenvalue weighted by molar-refractivity contribution is -0.123. The average Bonchev–Trinajstić information content (AvgIpc) is 3.12. The number of rotatable bonds is 2. The second-order valence-corrected chi connectivity index (χ2v) is 10.2. The number of phenols is 1. The maximum Gasteiger partial charge on any atom is 0.238 e. The molecule has 6 nitrogen and oxygen atoms in total. The van der Waals surface area contributed by atoms with Crippen LogP contribution in [0.4, 0.5) is 5.69 Å². The van der Waals surface area contributed by atoms with Crippen LogP contribution in [0.1, 0.15) is 31.2 Å². The van der Waals surface area contributed by atoms with Crippen LogP contribution in [0.5, 0.6) is 5.75 Å². The first-order valence-corrected chi connectivity index (χ1v) is 12.3. The number of ketones is 2. The third-order valence-electron chi connectivity index (χ3n) is 7.88. The summed E-state index contributed by atoms with van der Waals surface area (Å²) in [6.45, 7) is 1.64. The van der Waals surface area contributed by atoms with Crippen molar-refractivity contribution in [3.05, 3.63) is 93.6 Å². The zero-order valence-corrected chi connectivity index (χ0v) is 20.2. The molecule has 2 aromatic carbocycles. The van der Waals surface area contributed by atoms with Crippen molar-refractivity contribution in [2.75, 3.05) is 4.90 Å². The van der Waals surface area contributed by atoms with Gasteiger partial charge in [-0.2, -0.15) is 0 Å².